The predicted molar refractivity (Wildman–Crippen MR) is 95.1 cm³/mol. The minimum atomic E-state index is -0.0571. The first-order valence-electron chi connectivity index (χ1n) is 6.94. The van der Waals surface area contributed by atoms with Crippen molar-refractivity contribution >= 4 is 40.9 Å². The summed E-state index contributed by atoms with van der Waals surface area (Å²) in [4.78, 5) is 15.2. The van der Waals surface area contributed by atoms with Gasteiger partial charge in [0.1, 0.15) is 0 Å². The van der Waals surface area contributed by atoms with Crippen LogP contribution in [-0.4, -0.2) is 23.6 Å². The van der Waals surface area contributed by atoms with Crippen LogP contribution in [0.15, 0.2) is 47.4 Å². The van der Waals surface area contributed by atoms with Gasteiger partial charge >= 0.3 is 0 Å². The van der Waals surface area contributed by atoms with Gasteiger partial charge in [0.2, 0.25) is 0 Å². The van der Waals surface area contributed by atoms with Crippen LogP contribution < -0.4 is 0 Å². The van der Waals surface area contributed by atoms with E-state index in [-0.39, 0.29) is 5.91 Å². The normalized spacial score (nSPS) is 10.5. The fraction of sp³-hybridized carbons (Fsp3) is 0.235. The standard InChI is InChI=1S/C17H17Cl2NOS/c1-3-22-16-13(9-10-14(18)15(16)19)17(21)20(2)11-12-7-5-4-6-8-12/h4-10H,3,11H2,1-2H3. The quantitative estimate of drug-likeness (QED) is 0.672. The molecule has 2 nitrogen and oxygen atoms in total. The highest BCUT2D eigenvalue weighted by Crippen LogP contribution is 2.36. The van der Waals surface area contributed by atoms with Gasteiger partial charge in [0.05, 0.1) is 15.6 Å². The van der Waals surface area contributed by atoms with Gasteiger partial charge in [0, 0.05) is 18.5 Å². The van der Waals surface area contributed by atoms with Gasteiger partial charge < -0.3 is 4.90 Å². The minimum Gasteiger partial charge on any atom is -0.337 e. The van der Waals surface area contributed by atoms with Crippen molar-refractivity contribution in [3.63, 3.8) is 0 Å². The number of amides is 1. The molecule has 0 aliphatic carbocycles. The highest BCUT2D eigenvalue weighted by Gasteiger charge is 2.19. The highest BCUT2D eigenvalue weighted by molar-refractivity contribution is 7.99. The van der Waals surface area contributed by atoms with Crippen LogP contribution in [-0.2, 0) is 6.54 Å². The van der Waals surface area contributed by atoms with Crippen LogP contribution >= 0.6 is 35.0 Å². The van der Waals surface area contributed by atoms with E-state index in [2.05, 4.69) is 0 Å². The number of benzene rings is 2. The van der Waals surface area contributed by atoms with Gasteiger partial charge in [-0.2, -0.15) is 0 Å². The van der Waals surface area contributed by atoms with E-state index < -0.39 is 0 Å². The van der Waals surface area contributed by atoms with Crippen molar-refractivity contribution in [1.29, 1.82) is 0 Å². The van der Waals surface area contributed by atoms with Gasteiger partial charge in [-0.3, -0.25) is 4.79 Å². The SMILES string of the molecule is CCSc1c(C(=O)N(C)Cc2ccccc2)ccc(Cl)c1Cl. The molecule has 0 bridgehead atoms. The smallest absolute Gasteiger partial charge is 0.255 e. The van der Waals surface area contributed by atoms with E-state index in [4.69, 9.17) is 23.2 Å². The second-order valence-corrected chi connectivity index (χ2v) is 6.88. The molecule has 0 N–H and O–H groups in total. The maximum atomic E-state index is 12.7. The Morgan fingerprint density at radius 3 is 2.45 bits per heavy atom. The summed E-state index contributed by atoms with van der Waals surface area (Å²) in [5.41, 5.74) is 1.68. The van der Waals surface area contributed by atoms with Gasteiger partial charge in [-0.1, -0.05) is 60.5 Å². The molecule has 0 atom stereocenters. The van der Waals surface area contributed by atoms with Crippen molar-refractivity contribution in [2.24, 2.45) is 0 Å². The molecule has 0 unspecified atom stereocenters. The maximum absolute atomic E-state index is 12.7. The van der Waals surface area contributed by atoms with Gasteiger partial charge in [0.15, 0.2) is 0 Å². The molecule has 0 aliphatic heterocycles. The Hall–Kier alpha value is -1.16. The number of hydrogen-bond donors (Lipinski definition) is 0. The van der Waals surface area contributed by atoms with Gasteiger partial charge in [-0.05, 0) is 23.4 Å². The van der Waals surface area contributed by atoms with Gasteiger partial charge in [-0.15, -0.1) is 11.8 Å². The molecule has 0 saturated heterocycles. The van der Waals surface area contributed by atoms with E-state index in [1.165, 1.54) is 11.8 Å². The molecule has 0 heterocycles. The van der Waals surface area contributed by atoms with Crippen molar-refractivity contribution in [1.82, 2.24) is 4.90 Å². The number of carbonyl (C=O) groups excluding carboxylic acids is 1. The van der Waals surface area contributed by atoms with Crippen LogP contribution in [0.2, 0.25) is 10.0 Å². The van der Waals surface area contributed by atoms with E-state index in [0.29, 0.717) is 22.2 Å². The van der Waals surface area contributed by atoms with E-state index in [1.807, 2.05) is 37.3 Å². The van der Waals surface area contributed by atoms with Crippen molar-refractivity contribution in [2.45, 2.75) is 18.4 Å². The van der Waals surface area contributed by atoms with Crippen molar-refractivity contribution in [3.05, 3.63) is 63.6 Å². The zero-order valence-corrected chi connectivity index (χ0v) is 14.8. The summed E-state index contributed by atoms with van der Waals surface area (Å²) in [5.74, 6) is 0.765. The minimum absolute atomic E-state index is 0.0571. The Labute approximate surface area is 145 Å². The van der Waals surface area contributed by atoms with E-state index in [0.717, 1.165) is 16.2 Å². The largest absolute Gasteiger partial charge is 0.337 e. The molecule has 2 aromatic rings. The Balaban J connectivity index is 2.27. The topological polar surface area (TPSA) is 20.3 Å². The number of hydrogen-bond acceptors (Lipinski definition) is 2. The lowest BCUT2D eigenvalue weighted by molar-refractivity contribution is 0.0781. The monoisotopic (exact) mass is 353 g/mol. The number of nitrogens with zero attached hydrogens (tertiary/aromatic N) is 1. The molecular weight excluding hydrogens is 337 g/mol. The molecule has 0 radical (unpaired) electrons. The molecule has 0 saturated carbocycles. The Kier molecular flexibility index (Phi) is 6.18. The van der Waals surface area contributed by atoms with Crippen LogP contribution in [0.5, 0.6) is 0 Å². The van der Waals surface area contributed by atoms with Crippen LogP contribution in [0, 0.1) is 0 Å². The third kappa shape index (κ3) is 3.97. The van der Waals surface area contributed by atoms with Crippen LogP contribution in [0.1, 0.15) is 22.8 Å². The van der Waals surface area contributed by atoms with Gasteiger partial charge in [0.25, 0.3) is 5.91 Å². The second-order valence-electron chi connectivity index (χ2n) is 4.82. The first kappa shape index (κ1) is 17.2. The van der Waals surface area contributed by atoms with Crippen molar-refractivity contribution in [2.75, 3.05) is 12.8 Å². The molecule has 0 aliphatic rings. The molecule has 5 heteroatoms. The molecule has 2 aromatic carbocycles. The fourth-order valence-electron chi connectivity index (χ4n) is 2.12. The molecule has 0 spiro atoms. The summed E-state index contributed by atoms with van der Waals surface area (Å²) in [6.07, 6.45) is 0. The highest BCUT2D eigenvalue weighted by atomic mass is 35.5. The summed E-state index contributed by atoms with van der Waals surface area (Å²) in [5, 5.41) is 0.923. The molecule has 22 heavy (non-hydrogen) atoms. The Morgan fingerprint density at radius 1 is 1.14 bits per heavy atom. The van der Waals surface area contributed by atoms with E-state index in [1.54, 1.807) is 24.1 Å². The first-order chi connectivity index (χ1) is 10.5. The Morgan fingerprint density at radius 2 is 1.82 bits per heavy atom. The third-order valence-corrected chi connectivity index (χ3v) is 5.10. The summed E-state index contributed by atoms with van der Waals surface area (Å²) in [7, 11) is 1.79. The lowest BCUT2D eigenvalue weighted by Crippen LogP contribution is -2.26. The number of thioether (sulfide) groups is 1. The predicted octanol–water partition coefficient (Wildman–Crippen LogP) is 5.38. The summed E-state index contributed by atoms with van der Waals surface area (Å²) in [6, 6.07) is 13.3. The molecular formula is C17H17Cl2NOS. The number of carbonyl (C=O) groups is 1. The van der Waals surface area contributed by atoms with E-state index in [9.17, 15) is 4.79 Å². The fourth-order valence-corrected chi connectivity index (χ4v) is 3.50. The molecule has 116 valence electrons. The molecule has 1 amide bonds. The van der Waals surface area contributed by atoms with E-state index >= 15 is 0 Å². The number of halogens is 2. The first-order valence-corrected chi connectivity index (χ1v) is 8.69. The average Bonchev–Trinajstić information content (AvgIpc) is 2.52. The second kappa shape index (κ2) is 7.91. The summed E-state index contributed by atoms with van der Waals surface area (Å²) in [6.45, 7) is 2.57. The molecule has 2 rings (SSSR count). The summed E-state index contributed by atoms with van der Waals surface area (Å²) >= 11 is 13.9. The number of rotatable bonds is 5. The lowest BCUT2D eigenvalue weighted by Gasteiger charge is -2.20. The van der Waals surface area contributed by atoms with Crippen molar-refractivity contribution in [3.8, 4) is 0 Å². The van der Waals surface area contributed by atoms with Crippen LogP contribution in [0.4, 0.5) is 0 Å². The third-order valence-electron chi connectivity index (χ3n) is 3.18. The van der Waals surface area contributed by atoms with Crippen molar-refractivity contribution < 1.29 is 4.79 Å². The maximum Gasteiger partial charge on any atom is 0.255 e. The molecule has 0 fully saturated rings. The Bertz CT molecular complexity index is 661. The molecule has 0 aromatic heterocycles. The van der Waals surface area contributed by atoms with Crippen LogP contribution in [0.3, 0.4) is 0 Å². The lowest BCUT2D eigenvalue weighted by atomic mass is 10.1. The average molecular weight is 354 g/mol. The zero-order chi connectivity index (χ0) is 16.1. The summed E-state index contributed by atoms with van der Waals surface area (Å²) < 4.78 is 0. The van der Waals surface area contributed by atoms with Crippen LogP contribution in [0.25, 0.3) is 0 Å². The zero-order valence-electron chi connectivity index (χ0n) is 12.5. The van der Waals surface area contributed by atoms with Gasteiger partial charge in [-0.25, -0.2) is 0 Å².